The number of hydrogen-bond acceptors (Lipinski definition) is 3. The molecule has 27 heavy (non-hydrogen) atoms. The summed E-state index contributed by atoms with van der Waals surface area (Å²) in [5.74, 6) is 0.513. The van der Waals surface area contributed by atoms with Gasteiger partial charge in [0.05, 0.1) is 5.69 Å². The van der Waals surface area contributed by atoms with E-state index >= 15 is 0 Å². The van der Waals surface area contributed by atoms with Gasteiger partial charge in [0.25, 0.3) is 0 Å². The van der Waals surface area contributed by atoms with E-state index < -0.39 is 0 Å². The number of aryl methyl sites for hydroxylation is 1. The Morgan fingerprint density at radius 3 is 2.52 bits per heavy atom. The van der Waals surface area contributed by atoms with Crippen LogP contribution < -0.4 is 20.7 Å². The fraction of sp³-hybridized carbons (Fsp3) is 0.333. The van der Waals surface area contributed by atoms with E-state index in [4.69, 9.17) is 4.74 Å². The van der Waals surface area contributed by atoms with Gasteiger partial charge < -0.3 is 20.7 Å². The second-order valence-corrected chi connectivity index (χ2v) is 6.63. The van der Waals surface area contributed by atoms with Gasteiger partial charge in [-0.25, -0.2) is 4.79 Å². The molecule has 0 aliphatic carbocycles. The number of urea groups is 1. The summed E-state index contributed by atoms with van der Waals surface area (Å²) in [5, 5.41) is 8.25. The van der Waals surface area contributed by atoms with Crippen LogP contribution in [0, 0.1) is 6.92 Å². The summed E-state index contributed by atoms with van der Waals surface area (Å²) < 4.78 is 5.88. The highest BCUT2D eigenvalue weighted by atomic mass is 16.5. The minimum atomic E-state index is -0.374. The van der Waals surface area contributed by atoms with Crippen LogP contribution in [0.2, 0.25) is 0 Å². The van der Waals surface area contributed by atoms with E-state index in [1.54, 1.807) is 6.07 Å². The lowest BCUT2D eigenvalue weighted by molar-refractivity contribution is -0.121. The van der Waals surface area contributed by atoms with E-state index in [1.165, 1.54) is 0 Å². The van der Waals surface area contributed by atoms with E-state index in [0.717, 1.165) is 11.1 Å². The summed E-state index contributed by atoms with van der Waals surface area (Å²) in [6.07, 6.45) is 0.233. The molecule has 2 aromatic carbocycles. The Morgan fingerprint density at radius 2 is 1.81 bits per heavy atom. The van der Waals surface area contributed by atoms with Crippen LogP contribution in [-0.2, 0) is 11.4 Å². The molecule has 2 rings (SSSR count). The first kappa shape index (κ1) is 20.3. The number of benzene rings is 2. The first-order chi connectivity index (χ1) is 12.9. The van der Waals surface area contributed by atoms with Crippen molar-refractivity contribution in [3.05, 3.63) is 59.7 Å². The Labute approximate surface area is 160 Å². The van der Waals surface area contributed by atoms with Crippen LogP contribution in [0.1, 0.15) is 31.4 Å². The Morgan fingerprint density at radius 1 is 1.07 bits per heavy atom. The second-order valence-electron chi connectivity index (χ2n) is 6.63. The van der Waals surface area contributed by atoms with Crippen LogP contribution in [0.25, 0.3) is 0 Å². The molecule has 0 saturated heterocycles. The number of nitrogens with one attached hydrogen (secondary N) is 3. The minimum absolute atomic E-state index is 0.0863. The molecule has 6 nitrogen and oxygen atoms in total. The van der Waals surface area contributed by atoms with Crippen molar-refractivity contribution in [1.29, 1.82) is 0 Å². The Bertz CT molecular complexity index is 761. The molecule has 3 amide bonds. The maximum Gasteiger partial charge on any atom is 0.319 e. The molecule has 0 aromatic heterocycles. The maximum absolute atomic E-state index is 12.1. The van der Waals surface area contributed by atoms with Crippen molar-refractivity contribution in [2.24, 2.45) is 0 Å². The lowest BCUT2D eigenvalue weighted by Gasteiger charge is -2.14. The Hall–Kier alpha value is -3.02. The molecule has 0 atom stereocenters. The predicted molar refractivity (Wildman–Crippen MR) is 107 cm³/mol. The molecule has 0 unspecified atom stereocenters. The number of anilines is 1. The maximum atomic E-state index is 12.1. The quantitative estimate of drug-likeness (QED) is 0.665. The fourth-order valence-electron chi connectivity index (χ4n) is 2.44. The number of amides is 3. The average Bonchev–Trinajstić information content (AvgIpc) is 2.62. The van der Waals surface area contributed by atoms with E-state index in [1.807, 2.05) is 63.2 Å². The third-order valence-corrected chi connectivity index (χ3v) is 3.71. The van der Waals surface area contributed by atoms with Crippen LogP contribution in [0.15, 0.2) is 48.5 Å². The second kappa shape index (κ2) is 10.2. The number of hydrogen-bond donors (Lipinski definition) is 3. The normalized spacial score (nSPS) is 10.4. The van der Waals surface area contributed by atoms with E-state index in [0.29, 0.717) is 18.0 Å². The van der Waals surface area contributed by atoms with Gasteiger partial charge in [0, 0.05) is 19.0 Å². The van der Waals surface area contributed by atoms with Crippen LogP contribution >= 0.6 is 0 Å². The molecule has 0 aliphatic rings. The van der Waals surface area contributed by atoms with Gasteiger partial charge >= 0.3 is 6.03 Å². The monoisotopic (exact) mass is 369 g/mol. The predicted octanol–water partition coefficient (Wildman–Crippen LogP) is 3.61. The van der Waals surface area contributed by atoms with Gasteiger partial charge in [-0.2, -0.15) is 0 Å². The lowest BCUT2D eigenvalue weighted by atomic mass is 10.2. The van der Waals surface area contributed by atoms with Crippen LogP contribution in [-0.4, -0.2) is 24.5 Å². The molecule has 0 heterocycles. The van der Waals surface area contributed by atoms with Gasteiger partial charge in [0.1, 0.15) is 12.4 Å². The first-order valence-corrected chi connectivity index (χ1v) is 9.05. The van der Waals surface area contributed by atoms with Crippen molar-refractivity contribution in [2.75, 3.05) is 11.9 Å². The summed E-state index contributed by atoms with van der Waals surface area (Å²) in [4.78, 5) is 23.7. The third-order valence-electron chi connectivity index (χ3n) is 3.71. The van der Waals surface area contributed by atoms with Gasteiger partial charge in [-0.1, -0.05) is 36.4 Å². The molecule has 0 fully saturated rings. The highest BCUT2D eigenvalue weighted by Gasteiger charge is 2.10. The molecule has 0 aliphatic heterocycles. The highest BCUT2D eigenvalue weighted by Crippen LogP contribution is 2.26. The fourth-order valence-corrected chi connectivity index (χ4v) is 2.44. The summed E-state index contributed by atoms with van der Waals surface area (Å²) in [6.45, 7) is 6.43. The average molecular weight is 369 g/mol. The van der Waals surface area contributed by atoms with Crippen LogP contribution in [0.4, 0.5) is 10.5 Å². The Kier molecular flexibility index (Phi) is 7.67. The SMILES string of the molecule is Cc1ccc(NC(=O)NCCC(=O)NC(C)C)c(OCc2ccccc2)c1. The molecule has 6 heteroatoms. The summed E-state index contributed by atoms with van der Waals surface area (Å²) in [6, 6.07) is 15.1. The van der Waals surface area contributed by atoms with Gasteiger partial charge in [0.15, 0.2) is 0 Å². The highest BCUT2D eigenvalue weighted by molar-refractivity contribution is 5.91. The van der Waals surface area contributed by atoms with Gasteiger partial charge in [-0.05, 0) is 44.0 Å². The summed E-state index contributed by atoms with van der Waals surface area (Å²) in [7, 11) is 0. The molecule has 0 bridgehead atoms. The third kappa shape index (κ3) is 7.40. The molecular weight excluding hydrogens is 342 g/mol. The van der Waals surface area contributed by atoms with E-state index in [-0.39, 0.29) is 30.9 Å². The van der Waals surface area contributed by atoms with E-state index in [9.17, 15) is 9.59 Å². The summed E-state index contributed by atoms with van der Waals surface area (Å²) in [5.41, 5.74) is 2.67. The number of ether oxygens (including phenoxy) is 1. The molecule has 0 saturated carbocycles. The topological polar surface area (TPSA) is 79.5 Å². The first-order valence-electron chi connectivity index (χ1n) is 9.05. The largest absolute Gasteiger partial charge is 0.487 e. The van der Waals surface area contributed by atoms with Gasteiger partial charge in [-0.3, -0.25) is 4.79 Å². The molecule has 3 N–H and O–H groups in total. The van der Waals surface area contributed by atoms with Crippen LogP contribution in [0.5, 0.6) is 5.75 Å². The zero-order chi connectivity index (χ0) is 19.6. The molecule has 2 aromatic rings. The summed E-state index contributed by atoms with van der Waals surface area (Å²) >= 11 is 0. The zero-order valence-electron chi connectivity index (χ0n) is 16.0. The van der Waals surface area contributed by atoms with Crippen molar-refractivity contribution in [3.63, 3.8) is 0 Å². The van der Waals surface area contributed by atoms with Gasteiger partial charge in [-0.15, -0.1) is 0 Å². The van der Waals surface area contributed by atoms with Crippen molar-refractivity contribution in [3.8, 4) is 5.75 Å². The molecular formula is C21H27N3O3. The number of carbonyl (C=O) groups excluding carboxylic acids is 2. The van der Waals surface area contributed by atoms with E-state index in [2.05, 4.69) is 16.0 Å². The van der Waals surface area contributed by atoms with Crippen molar-refractivity contribution in [1.82, 2.24) is 10.6 Å². The molecule has 0 spiro atoms. The number of rotatable bonds is 8. The van der Waals surface area contributed by atoms with Crippen molar-refractivity contribution >= 4 is 17.6 Å². The standard InChI is InChI=1S/C21H27N3O3/c1-15(2)23-20(25)11-12-22-21(26)24-18-10-9-16(3)13-19(18)27-14-17-7-5-4-6-8-17/h4-10,13,15H,11-12,14H2,1-3H3,(H,23,25)(H2,22,24,26). The van der Waals surface area contributed by atoms with Gasteiger partial charge in [0.2, 0.25) is 5.91 Å². The Balaban J connectivity index is 1.89. The smallest absolute Gasteiger partial charge is 0.319 e. The molecule has 144 valence electrons. The lowest BCUT2D eigenvalue weighted by Crippen LogP contribution is -2.35. The minimum Gasteiger partial charge on any atom is -0.487 e. The van der Waals surface area contributed by atoms with Crippen molar-refractivity contribution in [2.45, 2.75) is 39.8 Å². The zero-order valence-corrected chi connectivity index (χ0v) is 16.0. The van der Waals surface area contributed by atoms with Crippen LogP contribution in [0.3, 0.4) is 0 Å². The number of carbonyl (C=O) groups is 2. The molecule has 0 radical (unpaired) electrons. The van der Waals surface area contributed by atoms with Crippen molar-refractivity contribution < 1.29 is 14.3 Å².